The molecule has 0 amide bonds. The van der Waals surface area contributed by atoms with E-state index in [9.17, 15) is 18.8 Å². The van der Waals surface area contributed by atoms with Crippen molar-refractivity contribution in [3.05, 3.63) is 141 Å². The fraction of sp³-hybridized carbons (Fsp3) is 0.147. The van der Waals surface area contributed by atoms with Crippen molar-refractivity contribution in [1.29, 1.82) is 0 Å². The van der Waals surface area contributed by atoms with Gasteiger partial charge in [0, 0.05) is 33.3 Å². The molecular weight excluding hydrogens is 525 g/mol. The molecule has 2 heterocycles. The highest BCUT2D eigenvalue weighted by Gasteiger charge is 2.71. The maximum atomic E-state index is 14.6. The van der Waals surface area contributed by atoms with Gasteiger partial charge in [-0.15, -0.1) is 0 Å². The van der Waals surface area contributed by atoms with E-state index in [0.29, 0.717) is 33.0 Å². The van der Waals surface area contributed by atoms with Crippen molar-refractivity contribution in [2.75, 3.05) is 4.90 Å². The Labute approximate surface area is 235 Å². The van der Waals surface area contributed by atoms with Gasteiger partial charge in [0.25, 0.3) is 0 Å². The maximum absolute atomic E-state index is 14.6. The molecular formula is C34H23ClFNO3. The minimum atomic E-state index is -1.62. The Kier molecular flexibility index (Phi) is 5.45. The van der Waals surface area contributed by atoms with E-state index < -0.39 is 29.2 Å². The number of benzene rings is 4. The van der Waals surface area contributed by atoms with Crippen LogP contribution in [0.5, 0.6) is 0 Å². The zero-order valence-corrected chi connectivity index (χ0v) is 22.2. The standard InChI is InChI=1S/C34H23ClFNO3/c1-19-6-8-21(9-7-19)31(38)30-29(20-10-14-24(36)15-11-20)34(32(39)25-4-2-3-5-26(25)33(34)40)28-17-12-22-18-23(35)13-16-27(22)37(28)30/h2-18,28-30H,1H3/t28-,29+,30-/m0/s1. The van der Waals surface area contributed by atoms with E-state index >= 15 is 0 Å². The average Bonchev–Trinajstić information content (AvgIpc) is 3.39. The van der Waals surface area contributed by atoms with Crippen LogP contribution in [0.1, 0.15) is 53.7 Å². The topological polar surface area (TPSA) is 54.5 Å². The third kappa shape index (κ3) is 3.28. The molecule has 2 aliphatic heterocycles. The molecule has 3 aliphatic rings. The van der Waals surface area contributed by atoms with Gasteiger partial charge in [-0.2, -0.15) is 0 Å². The summed E-state index contributed by atoms with van der Waals surface area (Å²) >= 11 is 6.33. The molecule has 0 aromatic heterocycles. The number of hydrogen-bond acceptors (Lipinski definition) is 4. The molecule has 40 heavy (non-hydrogen) atoms. The van der Waals surface area contributed by atoms with E-state index in [2.05, 4.69) is 0 Å². The lowest BCUT2D eigenvalue weighted by Crippen LogP contribution is -2.48. The molecule has 0 radical (unpaired) electrons. The van der Waals surface area contributed by atoms with Gasteiger partial charge in [0.15, 0.2) is 17.3 Å². The summed E-state index contributed by atoms with van der Waals surface area (Å²) in [5.74, 6) is -2.19. The molecule has 3 atom stereocenters. The first-order valence-electron chi connectivity index (χ1n) is 13.1. The van der Waals surface area contributed by atoms with Crippen molar-refractivity contribution < 1.29 is 18.8 Å². The molecule has 1 fully saturated rings. The number of anilines is 1. The molecule has 6 heteroatoms. The number of carbonyl (C=O) groups is 3. The largest absolute Gasteiger partial charge is 0.352 e. The summed E-state index contributed by atoms with van der Waals surface area (Å²) in [5.41, 5.74) is 2.60. The van der Waals surface area contributed by atoms with Crippen molar-refractivity contribution >= 4 is 40.7 Å². The molecule has 0 bridgehead atoms. The molecule has 1 spiro atoms. The van der Waals surface area contributed by atoms with Gasteiger partial charge < -0.3 is 4.90 Å². The van der Waals surface area contributed by atoms with Crippen molar-refractivity contribution in [3.63, 3.8) is 0 Å². The lowest BCUT2D eigenvalue weighted by Gasteiger charge is -2.37. The number of halogens is 2. The van der Waals surface area contributed by atoms with Crippen molar-refractivity contribution in [2.24, 2.45) is 5.41 Å². The second-order valence-corrected chi connectivity index (χ2v) is 11.1. The average molecular weight is 548 g/mol. The van der Waals surface area contributed by atoms with Gasteiger partial charge >= 0.3 is 0 Å². The Bertz CT molecular complexity index is 1720. The number of Topliss-reactive ketones (excluding diaryl/α,β-unsaturated/α-hetero) is 3. The number of ketones is 3. The van der Waals surface area contributed by atoms with E-state index in [0.717, 1.165) is 11.1 Å². The first-order valence-corrected chi connectivity index (χ1v) is 13.5. The fourth-order valence-corrected chi connectivity index (χ4v) is 7.06. The number of carbonyl (C=O) groups excluding carboxylic acids is 3. The summed E-state index contributed by atoms with van der Waals surface area (Å²) in [6.07, 6.45) is 3.72. The lowest BCUT2D eigenvalue weighted by atomic mass is 9.64. The minimum absolute atomic E-state index is 0.219. The predicted octanol–water partition coefficient (Wildman–Crippen LogP) is 7.10. The zero-order valence-electron chi connectivity index (χ0n) is 21.5. The first-order chi connectivity index (χ1) is 19.3. The molecule has 196 valence electrons. The van der Waals surface area contributed by atoms with Gasteiger partial charge in [-0.3, -0.25) is 14.4 Å². The van der Waals surface area contributed by atoms with Crippen LogP contribution in [-0.4, -0.2) is 29.4 Å². The smallest absolute Gasteiger partial charge is 0.185 e. The minimum Gasteiger partial charge on any atom is -0.352 e. The van der Waals surface area contributed by atoms with Gasteiger partial charge in [0.2, 0.25) is 0 Å². The Morgan fingerprint density at radius 1 is 0.875 bits per heavy atom. The number of rotatable bonds is 3. The SMILES string of the molecule is Cc1ccc(C(=O)[C@@H]2[C@@H](c3ccc(F)cc3)C3(C(=O)c4ccccc4C3=O)[C@@H]3C=Cc4cc(Cl)ccc4N23)cc1. The van der Waals surface area contributed by atoms with Gasteiger partial charge in [-0.05, 0) is 48.4 Å². The number of aryl methyl sites for hydroxylation is 1. The van der Waals surface area contributed by atoms with Gasteiger partial charge in [-0.1, -0.05) is 90.0 Å². The van der Waals surface area contributed by atoms with Crippen LogP contribution in [0.3, 0.4) is 0 Å². The monoisotopic (exact) mass is 547 g/mol. The molecule has 0 N–H and O–H groups in total. The van der Waals surface area contributed by atoms with E-state index in [-0.39, 0.29) is 17.3 Å². The summed E-state index contributed by atoms with van der Waals surface area (Å²) in [7, 11) is 0. The van der Waals surface area contributed by atoms with Crippen LogP contribution in [-0.2, 0) is 0 Å². The fourth-order valence-electron chi connectivity index (χ4n) is 6.88. The summed E-state index contributed by atoms with van der Waals surface area (Å²) in [4.78, 5) is 45.6. The lowest BCUT2D eigenvalue weighted by molar-refractivity contribution is 0.0666. The Morgan fingerprint density at radius 2 is 1.52 bits per heavy atom. The van der Waals surface area contributed by atoms with E-state index in [1.165, 1.54) is 12.1 Å². The van der Waals surface area contributed by atoms with Crippen molar-refractivity contribution in [1.82, 2.24) is 0 Å². The summed E-state index contributed by atoms with van der Waals surface area (Å²) in [6, 6.07) is 23.6. The van der Waals surface area contributed by atoms with E-state index in [1.807, 2.05) is 48.2 Å². The van der Waals surface area contributed by atoms with Crippen LogP contribution in [0, 0.1) is 18.2 Å². The van der Waals surface area contributed by atoms with Crippen LogP contribution in [0.4, 0.5) is 10.1 Å². The zero-order chi connectivity index (χ0) is 27.8. The second-order valence-electron chi connectivity index (χ2n) is 10.7. The molecule has 4 aromatic carbocycles. The number of nitrogens with zero attached hydrogens (tertiary/aromatic N) is 1. The molecule has 0 unspecified atom stereocenters. The highest BCUT2D eigenvalue weighted by Crippen LogP contribution is 2.61. The molecule has 4 nitrogen and oxygen atoms in total. The molecule has 0 saturated carbocycles. The van der Waals surface area contributed by atoms with Gasteiger partial charge in [0.05, 0.1) is 6.04 Å². The Morgan fingerprint density at radius 3 is 2.17 bits per heavy atom. The third-order valence-corrected chi connectivity index (χ3v) is 8.83. The molecule has 4 aromatic rings. The Hall–Kier alpha value is -4.35. The van der Waals surface area contributed by atoms with Crippen LogP contribution in [0.2, 0.25) is 5.02 Å². The normalized spacial score (nSPS) is 21.9. The van der Waals surface area contributed by atoms with Crippen molar-refractivity contribution in [3.8, 4) is 0 Å². The molecule has 1 aliphatic carbocycles. The maximum Gasteiger partial charge on any atom is 0.185 e. The van der Waals surface area contributed by atoms with Gasteiger partial charge in [-0.25, -0.2) is 4.39 Å². The van der Waals surface area contributed by atoms with Crippen LogP contribution in [0.15, 0.2) is 97.1 Å². The van der Waals surface area contributed by atoms with Gasteiger partial charge in [0.1, 0.15) is 17.3 Å². The second kappa shape index (κ2) is 8.83. The van der Waals surface area contributed by atoms with Crippen LogP contribution >= 0.6 is 11.6 Å². The van der Waals surface area contributed by atoms with Crippen LogP contribution < -0.4 is 4.90 Å². The number of hydrogen-bond donors (Lipinski definition) is 0. The van der Waals surface area contributed by atoms with Crippen molar-refractivity contribution in [2.45, 2.75) is 24.9 Å². The van der Waals surface area contributed by atoms with E-state index in [1.54, 1.807) is 54.6 Å². The number of fused-ring (bicyclic) bond motifs is 5. The summed E-state index contributed by atoms with van der Waals surface area (Å²) < 4.78 is 14.2. The highest BCUT2D eigenvalue weighted by molar-refractivity contribution is 6.32. The summed E-state index contributed by atoms with van der Waals surface area (Å²) in [6.45, 7) is 1.94. The first kappa shape index (κ1) is 24.7. The quantitative estimate of drug-likeness (QED) is 0.203. The molecule has 1 saturated heterocycles. The third-order valence-electron chi connectivity index (χ3n) is 8.60. The van der Waals surface area contributed by atoms with Crippen LogP contribution in [0.25, 0.3) is 6.08 Å². The Balaban J connectivity index is 1.54. The predicted molar refractivity (Wildman–Crippen MR) is 153 cm³/mol. The van der Waals surface area contributed by atoms with E-state index in [4.69, 9.17) is 11.6 Å². The molecule has 7 rings (SSSR count). The highest BCUT2D eigenvalue weighted by atomic mass is 35.5. The summed E-state index contributed by atoms with van der Waals surface area (Å²) in [5, 5.41) is 0.535.